The highest BCUT2D eigenvalue weighted by molar-refractivity contribution is 8.07. The van der Waals surface area contributed by atoms with E-state index in [9.17, 15) is 4.79 Å². The number of aliphatic hydroxyl groups excluding tert-OH is 1. The third-order valence-electron chi connectivity index (χ3n) is 1.55. The Balaban J connectivity index is 2.21. The van der Waals surface area contributed by atoms with E-state index in [0.717, 1.165) is 17.3 Å². The van der Waals surface area contributed by atoms with Crippen molar-refractivity contribution < 1.29 is 14.6 Å². The summed E-state index contributed by atoms with van der Waals surface area (Å²) in [7, 11) is 0. The molecule has 0 radical (unpaired) electrons. The van der Waals surface area contributed by atoms with Crippen LogP contribution in [0.3, 0.4) is 0 Å². The first-order valence-corrected chi connectivity index (χ1v) is 6.44. The van der Waals surface area contributed by atoms with Gasteiger partial charge in [0.1, 0.15) is 11.9 Å². The molecule has 0 aromatic rings. The topological polar surface area (TPSA) is 46.5 Å². The van der Waals surface area contributed by atoms with E-state index in [1.54, 1.807) is 30.4 Å². The van der Waals surface area contributed by atoms with Crippen molar-refractivity contribution in [2.45, 2.75) is 18.3 Å². The molecule has 2 unspecified atom stereocenters. The van der Waals surface area contributed by atoms with E-state index in [-0.39, 0.29) is 17.8 Å². The van der Waals surface area contributed by atoms with Crippen LogP contribution in [-0.2, 0) is 9.53 Å². The highest BCUT2D eigenvalue weighted by Gasteiger charge is 2.23. The minimum absolute atomic E-state index is 0.0301. The summed E-state index contributed by atoms with van der Waals surface area (Å²) in [6.07, 6.45) is -0.565. The van der Waals surface area contributed by atoms with Gasteiger partial charge in [0.15, 0.2) is 0 Å². The van der Waals surface area contributed by atoms with Crippen LogP contribution in [0.15, 0.2) is 0 Å². The zero-order chi connectivity index (χ0) is 9.68. The lowest BCUT2D eigenvalue weighted by Gasteiger charge is -2.19. The Labute approximate surface area is 86.6 Å². The summed E-state index contributed by atoms with van der Waals surface area (Å²) in [6.45, 7) is 1.72. The van der Waals surface area contributed by atoms with Crippen molar-refractivity contribution in [1.82, 2.24) is 0 Å². The molecule has 0 aromatic heterocycles. The molecular formula is C8H14O3S2. The van der Waals surface area contributed by atoms with Crippen molar-refractivity contribution in [3.63, 3.8) is 0 Å². The Morgan fingerprint density at radius 1 is 1.69 bits per heavy atom. The van der Waals surface area contributed by atoms with Crippen LogP contribution < -0.4 is 0 Å². The summed E-state index contributed by atoms with van der Waals surface area (Å²) in [5.41, 5.74) is 0. The van der Waals surface area contributed by atoms with Crippen molar-refractivity contribution in [2.24, 2.45) is 0 Å². The van der Waals surface area contributed by atoms with Crippen LogP contribution in [0, 0.1) is 0 Å². The molecule has 0 aliphatic carbocycles. The Hall–Kier alpha value is 0.130. The molecule has 1 N–H and O–H groups in total. The largest absolute Gasteiger partial charge is 0.462 e. The molecule has 76 valence electrons. The Morgan fingerprint density at radius 3 is 3.00 bits per heavy atom. The van der Waals surface area contributed by atoms with Gasteiger partial charge in [-0.15, -0.1) is 11.8 Å². The first-order valence-electron chi connectivity index (χ1n) is 4.24. The van der Waals surface area contributed by atoms with E-state index in [4.69, 9.17) is 9.84 Å². The molecule has 1 heterocycles. The van der Waals surface area contributed by atoms with Gasteiger partial charge >= 0.3 is 5.97 Å². The lowest BCUT2D eigenvalue weighted by molar-refractivity contribution is -0.145. The van der Waals surface area contributed by atoms with E-state index >= 15 is 0 Å². The molecule has 0 aromatic carbocycles. The molecule has 13 heavy (non-hydrogen) atoms. The van der Waals surface area contributed by atoms with Crippen molar-refractivity contribution in [1.29, 1.82) is 0 Å². The van der Waals surface area contributed by atoms with Gasteiger partial charge in [0, 0.05) is 17.3 Å². The molecular weight excluding hydrogens is 208 g/mol. The van der Waals surface area contributed by atoms with Crippen LogP contribution in [0.4, 0.5) is 0 Å². The third kappa shape index (κ3) is 4.24. The second-order valence-electron chi connectivity index (χ2n) is 2.91. The molecule has 1 aliphatic heterocycles. The van der Waals surface area contributed by atoms with Crippen molar-refractivity contribution in [2.75, 3.05) is 23.9 Å². The van der Waals surface area contributed by atoms with E-state index < -0.39 is 6.10 Å². The zero-order valence-electron chi connectivity index (χ0n) is 7.56. The van der Waals surface area contributed by atoms with Gasteiger partial charge in [0.05, 0.1) is 6.10 Å². The van der Waals surface area contributed by atoms with Gasteiger partial charge in [-0.25, -0.2) is 0 Å². The van der Waals surface area contributed by atoms with Crippen LogP contribution in [-0.4, -0.2) is 46.3 Å². The monoisotopic (exact) mass is 222 g/mol. The lowest BCUT2D eigenvalue weighted by atomic mass is 10.4. The number of thioether (sulfide) groups is 2. The summed E-state index contributed by atoms with van der Waals surface area (Å²) in [6, 6.07) is 0. The first-order chi connectivity index (χ1) is 6.20. The van der Waals surface area contributed by atoms with Gasteiger partial charge in [-0.2, -0.15) is 11.8 Å². The van der Waals surface area contributed by atoms with Crippen LogP contribution in [0.2, 0.25) is 0 Å². The fourth-order valence-corrected chi connectivity index (χ4v) is 3.45. The van der Waals surface area contributed by atoms with Crippen LogP contribution in [0.1, 0.15) is 6.92 Å². The predicted molar refractivity (Wildman–Crippen MR) is 56.2 cm³/mol. The van der Waals surface area contributed by atoms with Crippen LogP contribution in [0.5, 0.6) is 0 Å². The van der Waals surface area contributed by atoms with Gasteiger partial charge in [-0.1, -0.05) is 0 Å². The minimum atomic E-state index is -0.565. The van der Waals surface area contributed by atoms with Gasteiger partial charge in [0.25, 0.3) is 0 Å². The summed E-state index contributed by atoms with van der Waals surface area (Å²) < 4.78 is 4.92. The van der Waals surface area contributed by atoms with Crippen molar-refractivity contribution >= 4 is 29.5 Å². The van der Waals surface area contributed by atoms with E-state index in [1.165, 1.54) is 0 Å². The summed E-state index contributed by atoms with van der Waals surface area (Å²) in [5.74, 6) is 2.78. The summed E-state index contributed by atoms with van der Waals surface area (Å²) in [5, 5.41) is 8.88. The molecule has 1 rings (SSSR count). The zero-order valence-corrected chi connectivity index (χ0v) is 9.20. The lowest BCUT2D eigenvalue weighted by Crippen LogP contribution is -2.28. The maximum absolute atomic E-state index is 11.3. The third-order valence-corrected chi connectivity index (χ3v) is 4.28. The molecule has 1 aliphatic rings. The Bertz CT molecular complexity index is 167. The molecule has 2 atom stereocenters. The number of hydrogen-bond acceptors (Lipinski definition) is 5. The number of aliphatic hydroxyl groups is 1. The molecule has 5 heteroatoms. The van der Waals surface area contributed by atoms with Gasteiger partial charge in [-0.3, -0.25) is 4.79 Å². The minimum Gasteiger partial charge on any atom is -0.462 e. The standard InChI is InChI=1S/C8H14O3S2/c1-6(9)4-11-8(10)7-5-12-2-3-13-7/h6-7,9H,2-5H2,1H3. The Morgan fingerprint density at radius 2 is 2.46 bits per heavy atom. The van der Waals surface area contributed by atoms with E-state index in [1.807, 2.05) is 0 Å². The van der Waals surface area contributed by atoms with Crippen molar-refractivity contribution in [3.8, 4) is 0 Å². The predicted octanol–water partition coefficient (Wildman–Crippen LogP) is 0.759. The first kappa shape index (κ1) is 11.2. The summed E-state index contributed by atoms with van der Waals surface area (Å²) in [4.78, 5) is 11.3. The number of carbonyl (C=O) groups is 1. The average molecular weight is 222 g/mol. The number of esters is 1. The molecule has 0 spiro atoms. The number of ether oxygens (including phenoxy) is 1. The van der Waals surface area contributed by atoms with E-state index in [2.05, 4.69) is 0 Å². The molecule has 1 fully saturated rings. The van der Waals surface area contributed by atoms with Crippen LogP contribution in [0.25, 0.3) is 0 Å². The second-order valence-corrected chi connectivity index (χ2v) is 5.37. The SMILES string of the molecule is CC(O)COC(=O)C1CSCCS1. The molecule has 0 amide bonds. The van der Waals surface area contributed by atoms with Crippen LogP contribution >= 0.6 is 23.5 Å². The van der Waals surface area contributed by atoms with Gasteiger partial charge < -0.3 is 9.84 Å². The normalized spacial score (nSPS) is 25.2. The fourth-order valence-electron chi connectivity index (χ4n) is 0.920. The Kier molecular flexibility index (Phi) is 4.98. The summed E-state index contributed by atoms with van der Waals surface area (Å²) >= 11 is 3.43. The fraction of sp³-hybridized carbons (Fsp3) is 0.875. The molecule has 0 bridgehead atoms. The second kappa shape index (κ2) is 5.78. The number of carbonyl (C=O) groups excluding carboxylic acids is 1. The maximum Gasteiger partial charge on any atom is 0.319 e. The highest BCUT2D eigenvalue weighted by atomic mass is 32.2. The molecule has 0 saturated carbocycles. The van der Waals surface area contributed by atoms with Gasteiger partial charge in [0.2, 0.25) is 0 Å². The molecule has 3 nitrogen and oxygen atoms in total. The van der Waals surface area contributed by atoms with Crippen molar-refractivity contribution in [3.05, 3.63) is 0 Å². The maximum atomic E-state index is 11.3. The van der Waals surface area contributed by atoms with E-state index in [0.29, 0.717) is 0 Å². The number of hydrogen-bond donors (Lipinski definition) is 1. The highest BCUT2D eigenvalue weighted by Crippen LogP contribution is 2.24. The molecule has 1 saturated heterocycles. The van der Waals surface area contributed by atoms with Gasteiger partial charge in [-0.05, 0) is 6.92 Å². The quantitative estimate of drug-likeness (QED) is 0.714. The average Bonchev–Trinajstić information content (AvgIpc) is 2.15. The smallest absolute Gasteiger partial charge is 0.319 e. The number of rotatable bonds is 3.